The fraction of sp³-hybridized carbons (Fsp3) is 0.417. The minimum atomic E-state index is -0.0341. The lowest BCUT2D eigenvalue weighted by molar-refractivity contribution is -0.116. The van der Waals surface area contributed by atoms with Gasteiger partial charge >= 0.3 is 0 Å². The van der Waals surface area contributed by atoms with Gasteiger partial charge in [-0.25, -0.2) is 0 Å². The first-order valence-electron chi connectivity index (χ1n) is 10.7. The Kier molecular flexibility index (Phi) is 6.13. The molecule has 0 unspecified atom stereocenters. The number of hydrogen-bond acceptors (Lipinski definition) is 3. The summed E-state index contributed by atoms with van der Waals surface area (Å²) in [5, 5.41) is 6.07. The molecule has 2 aromatic rings. The molecule has 1 saturated heterocycles. The van der Waals surface area contributed by atoms with E-state index in [-0.39, 0.29) is 11.8 Å². The molecular weight excluding hydrogens is 362 g/mol. The van der Waals surface area contributed by atoms with Gasteiger partial charge in [-0.05, 0) is 62.3 Å². The SMILES string of the molecule is O=C(CCc1ccccc1)Nc1ccc(N2CCCCC2)c(C(=O)NC2CC2)c1. The van der Waals surface area contributed by atoms with Gasteiger partial charge in [0.05, 0.1) is 5.56 Å². The van der Waals surface area contributed by atoms with E-state index in [1.54, 1.807) is 0 Å². The molecule has 1 heterocycles. The van der Waals surface area contributed by atoms with E-state index in [1.807, 2.05) is 48.5 Å². The number of benzene rings is 2. The summed E-state index contributed by atoms with van der Waals surface area (Å²) in [6.45, 7) is 1.96. The third kappa shape index (κ3) is 5.37. The quantitative estimate of drug-likeness (QED) is 0.746. The number of nitrogens with one attached hydrogen (secondary N) is 2. The van der Waals surface area contributed by atoms with Gasteiger partial charge in [0, 0.05) is 36.9 Å². The molecule has 152 valence electrons. The van der Waals surface area contributed by atoms with Crippen LogP contribution >= 0.6 is 0 Å². The molecule has 0 spiro atoms. The number of aryl methyl sites for hydroxylation is 1. The van der Waals surface area contributed by atoms with Gasteiger partial charge < -0.3 is 15.5 Å². The maximum atomic E-state index is 12.9. The molecule has 1 saturated carbocycles. The van der Waals surface area contributed by atoms with Crippen LogP contribution in [0.1, 0.15) is 54.4 Å². The average Bonchev–Trinajstić information content (AvgIpc) is 3.57. The number of carbonyl (C=O) groups excluding carboxylic acids is 2. The minimum absolute atomic E-state index is 0.0338. The van der Waals surface area contributed by atoms with Gasteiger partial charge in [0.25, 0.3) is 5.91 Å². The molecule has 2 amide bonds. The normalized spacial score (nSPS) is 16.3. The van der Waals surface area contributed by atoms with Crippen LogP contribution in [0.25, 0.3) is 0 Å². The highest BCUT2D eigenvalue weighted by Crippen LogP contribution is 2.28. The van der Waals surface area contributed by atoms with Gasteiger partial charge in [0.15, 0.2) is 0 Å². The zero-order valence-corrected chi connectivity index (χ0v) is 16.8. The number of anilines is 2. The predicted molar refractivity (Wildman–Crippen MR) is 116 cm³/mol. The second kappa shape index (κ2) is 9.12. The molecule has 0 radical (unpaired) electrons. The van der Waals surface area contributed by atoms with Crippen LogP contribution in [0.3, 0.4) is 0 Å². The molecular formula is C24H29N3O2. The molecule has 0 aromatic heterocycles. The van der Waals surface area contributed by atoms with E-state index >= 15 is 0 Å². The molecule has 29 heavy (non-hydrogen) atoms. The van der Waals surface area contributed by atoms with Gasteiger partial charge in [-0.2, -0.15) is 0 Å². The number of nitrogens with zero attached hydrogens (tertiary/aromatic N) is 1. The van der Waals surface area contributed by atoms with E-state index in [9.17, 15) is 9.59 Å². The van der Waals surface area contributed by atoms with Crippen LogP contribution < -0.4 is 15.5 Å². The Hall–Kier alpha value is -2.82. The van der Waals surface area contributed by atoms with Gasteiger partial charge in [-0.3, -0.25) is 9.59 Å². The zero-order valence-electron chi connectivity index (χ0n) is 16.8. The summed E-state index contributed by atoms with van der Waals surface area (Å²) in [6.07, 6.45) is 6.79. The summed E-state index contributed by atoms with van der Waals surface area (Å²) >= 11 is 0. The van der Waals surface area contributed by atoms with Crippen molar-refractivity contribution in [2.45, 2.75) is 51.0 Å². The molecule has 5 nitrogen and oxygen atoms in total. The predicted octanol–water partition coefficient (Wildman–Crippen LogP) is 4.14. The first-order valence-corrected chi connectivity index (χ1v) is 10.7. The summed E-state index contributed by atoms with van der Waals surface area (Å²) in [4.78, 5) is 27.6. The van der Waals surface area contributed by atoms with E-state index in [2.05, 4.69) is 15.5 Å². The first-order chi connectivity index (χ1) is 14.2. The topological polar surface area (TPSA) is 61.4 Å². The lowest BCUT2D eigenvalue weighted by Crippen LogP contribution is -2.33. The fourth-order valence-electron chi connectivity index (χ4n) is 3.82. The summed E-state index contributed by atoms with van der Waals surface area (Å²) in [6, 6.07) is 16.0. The molecule has 2 aromatic carbocycles. The molecule has 4 rings (SSSR count). The average molecular weight is 392 g/mol. The highest BCUT2D eigenvalue weighted by molar-refractivity contribution is 6.02. The monoisotopic (exact) mass is 391 g/mol. The standard InChI is InChI=1S/C24H29N3O2/c28-23(14-9-18-7-3-1-4-8-18)25-20-12-13-22(27-15-5-2-6-16-27)21(17-20)24(29)26-19-10-11-19/h1,3-4,7-8,12-13,17,19H,2,5-6,9-11,14-16H2,(H,25,28)(H,26,29). The maximum Gasteiger partial charge on any atom is 0.253 e. The van der Waals surface area contributed by atoms with Crippen molar-refractivity contribution in [1.29, 1.82) is 0 Å². The minimum Gasteiger partial charge on any atom is -0.371 e. The smallest absolute Gasteiger partial charge is 0.253 e. The molecule has 0 atom stereocenters. The molecule has 1 aliphatic carbocycles. The molecule has 2 N–H and O–H groups in total. The van der Waals surface area contributed by atoms with E-state index in [4.69, 9.17) is 0 Å². The van der Waals surface area contributed by atoms with Crippen LogP contribution in [0.15, 0.2) is 48.5 Å². The van der Waals surface area contributed by atoms with Crippen molar-refractivity contribution in [3.63, 3.8) is 0 Å². The van der Waals surface area contributed by atoms with Gasteiger partial charge in [0.2, 0.25) is 5.91 Å². The van der Waals surface area contributed by atoms with Crippen LogP contribution in [0, 0.1) is 0 Å². The molecule has 2 aliphatic rings. The Labute approximate surface area is 172 Å². The van der Waals surface area contributed by atoms with Crippen molar-refractivity contribution in [3.05, 3.63) is 59.7 Å². The third-order valence-corrected chi connectivity index (χ3v) is 5.62. The largest absolute Gasteiger partial charge is 0.371 e. The summed E-state index contributed by atoms with van der Waals surface area (Å²) in [7, 11) is 0. The van der Waals surface area contributed by atoms with Gasteiger partial charge in [0.1, 0.15) is 0 Å². The lowest BCUT2D eigenvalue weighted by Gasteiger charge is -2.30. The zero-order chi connectivity index (χ0) is 20.1. The van der Waals surface area contributed by atoms with Crippen molar-refractivity contribution < 1.29 is 9.59 Å². The third-order valence-electron chi connectivity index (χ3n) is 5.62. The molecule has 0 bridgehead atoms. The highest BCUT2D eigenvalue weighted by atomic mass is 16.2. The Balaban J connectivity index is 1.46. The Morgan fingerprint density at radius 2 is 1.72 bits per heavy atom. The van der Waals surface area contributed by atoms with Crippen LogP contribution in [-0.4, -0.2) is 30.9 Å². The van der Waals surface area contributed by atoms with Crippen molar-refractivity contribution in [2.24, 2.45) is 0 Å². The van der Waals surface area contributed by atoms with E-state index in [0.29, 0.717) is 30.1 Å². The van der Waals surface area contributed by atoms with Crippen LogP contribution in [0.2, 0.25) is 0 Å². The van der Waals surface area contributed by atoms with Crippen molar-refractivity contribution in [2.75, 3.05) is 23.3 Å². The number of amides is 2. The van der Waals surface area contributed by atoms with Gasteiger partial charge in [-0.1, -0.05) is 30.3 Å². The second-order valence-corrected chi connectivity index (χ2v) is 8.06. The second-order valence-electron chi connectivity index (χ2n) is 8.06. The Morgan fingerprint density at radius 3 is 2.45 bits per heavy atom. The van der Waals surface area contributed by atoms with Crippen LogP contribution in [0.5, 0.6) is 0 Å². The molecule has 1 aliphatic heterocycles. The lowest BCUT2D eigenvalue weighted by atomic mass is 10.1. The first kappa shape index (κ1) is 19.5. The molecule has 2 fully saturated rings. The van der Waals surface area contributed by atoms with Gasteiger partial charge in [-0.15, -0.1) is 0 Å². The number of piperidine rings is 1. The van der Waals surface area contributed by atoms with Crippen LogP contribution in [-0.2, 0) is 11.2 Å². The fourth-order valence-corrected chi connectivity index (χ4v) is 3.82. The number of hydrogen-bond donors (Lipinski definition) is 2. The molecule has 5 heteroatoms. The Morgan fingerprint density at radius 1 is 0.966 bits per heavy atom. The van der Waals surface area contributed by atoms with E-state index < -0.39 is 0 Å². The summed E-state index contributed by atoms with van der Waals surface area (Å²) < 4.78 is 0. The number of rotatable bonds is 7. The van der Waals surface area contributed by atoms with Crippen molar-refractivity contribution in [1.82, 2.24) is 5.32 Å². The summed E-state index contributed by atoms with van der Waals surface area (Å²) in [5.74, 6) is -0.0680. The van der Waals surface area contributed by atoms with E-state index in [0.717, 1.165) is 50.0 Å². The highest BCUT2D eigenvalue weighted by Gasteiger charge is 2.26. The van der Waals surface area contributed by atoms with Crippen molar-refractivity contribution >= 4 is 23.2 Å². The van der Waals surface area contributed by atoms with Crippen molar-refractivity contribution in [3.8, 4) is 0 Å². The van der Waals surface area contributed by atoms with Crippen LogP contribution in [0.4, 0.5) is 11.4 Å². The number of carbonyl (C=O) groups is 2. The summed E-state index contributed by atoms with van der Waals surface area (Å²) in [5.41, 5.74) is 3.47. The van der Waals surface area contributed by atoms with E-state index in [1.165, 1.54) is 6.42 Å². The Bertz CT molecular complexity index is 856. The maximum absolute atomic E-state index is 12.9.